The molecule has 0 aliphatic rings. The smallest absolute Gasteiger partial charge is 0.230 e. The average molecular weight is 462 g/mol. The highest BCUT2D eigenvalue weighted by Crippen LogP contribution is 2.42. The zero-order valence-corrected chi connectivity index (χ0v) is 19.0. The van der Waals surface area contributed by atoms with Gasteiger partial charge in [0.05, 0.1) is 19.1 Å². The molecule has 0 amide bonds. The van der Waals surface area contributed by atoms with Crippen LogP contribution in [0.1, 0.15) is 34.2 Å². The van der Waals surface area contributed by atoms with Crippen LogP contribution in [0.15, 0.2) is 85.6 Å². The molecule has 0 spiro atoms. The van der Waals surface area contributed by atoms with Crippen molar-refractivity contribution < 1.29 is 13.2 Å². The Morgan fingerprint density at radius 2 is 1.48 bits per heavy atom. The van der Waals surface area contributed by atoms with Gasteiger partial charge in [-0.3, -0.25) is 14.7 Å². The molecule has 0 saturated carbocycles. The molecular weight excluding hydrogens is 438 g/mol. The minimum absolute atomic E-state index is 0.205. The van der Waals surface area contributed by atoms with Crippen LogP contribution in [0.4, 0.5) is 5.82 Å². The quantitative estimate of drug-likeness (QED) is 0.427. The van der Waals surface area contributed by atoms with Crippen molar-refractivity contribution in [2.45, 2.75) is 11.8 Å². The van der Waals surface area contributed by atoms with E-state index in [1.807, 2.05) is 48.8 Å². The van der Waals surface area contributed by atoms with Gasteiger partial charge in [0.1, 0.15) is 5.82 Å². The maximum atomic E-state index is 11.8. The molecule has 0 saturated heterocycles. The maximum Gasteiger partial charge on any atom is 0.230 e. The summed E-state index contributed by atoms with van der Waals surface area (Å²) in [6.07, 6.45) is 9.94. The highest BCUT2D eigenvalue weighted by Gasteiger charge is 2.30. The van der Waals surface area contributed by atoms with Crippen molar-refractivity contribution in [2.75, 3.05) is 18.1 Å². The first kappa shape index (κ1) is 22.3. The van der Waals surface area contributed by atoms with Gasteiger partial charge in [-0.05, 0) is 41.0 Å². The Morgan fingerprint density at radius 1 is 0.818 bits per heavy atom. The van der Waals surface area contributed by atoms with E-state index in [1.54, 1.807) is 43.9 Å². The van der Waals surface area contributed by atoms with Crippen LogP contribution in [0.2, 0.25) is 0 Å². The minimum Gasteiger partial charge on any atom is -0.481 e. The van der Waals surface area contributed by atoms with Crippen molar-refractivity contribution in [2.24, 2.45) is 0 Å². The third kappa shape index (κ3) is 5.50. The van der Waals surface area contributed by atoms with Gasteiger partial charge in [-0.15, -0.1) is 0 Å². The number of sulfonamides is 1. The van der Waals surface area contributed by atoms with E-state index >= 15 is 0 Å². The summed E-state index contributed by atoms with van der Waals surface area (Å²) in [7, 11) is -1.91. The molecule has 9 heteroatoms. The lowest BCUT2D eigenvalue weighted by atomic mass is 9.76. The van der Waals surface area contributed by atoms with Crippen molar-refractivity contribution in [3.05, 3.63) is 108 Å². The van der Waals surface area contributed by atoms with E-state index < -0.39 is 10.0 Å². The van der Waals surface area contributed by atoms with Gasteiger partial charge in [-0.2, -0.15) is 0 Å². The van der Waals surface area contributed by atoms with Crippen LogP contribution in [0.25, 0.3) is 0 Å². The van der Waals surface area contributed by atoms with E-state index in [1.165, 1.54) is 0 Å². The minimum atomic E-state index is -3.48. The Labute approximate surface area is 192 Å². The fourth-order valence-corrected chi connectivity index (χ4v) is 4.29. The zero-order chi connectivity index (χ0) is 23.3. The molecule has 0 aliphatic carbocycles. The molecule has 1 N–H and O–H groups in total. The van der Waals surface area contributed by atoms with Crippen molar-refractivity contribution in [3.8, 4) is 5.88 Å². The summed E-state index contributed by atoms with van der Waals surface area (Å²) in [5, 5.41) is 0. The molecule has 1 atom stereocenters. The molecule has 0 fully saturated rings. The Balaban J connectivity index is 1.92. The summed E-state index contributed by atoms with van der Waals surface area (Å²) < 4.78 is 31.3. The van der Waals surface area contributed by atoms with Gasteiger partial charge in [-0.1, -0.05) is 24.3 Å². The highest BCUT2D eigenvalue weighted by molar-refractivity contribution is 7.92. The second kappa shape index (κ2) is 9.74. The monoisotopic (exact) mass is 461 g/mol. The number of methoxy groups -OCH3 is 1. The van der Waals surface area contributed by atoms with Crippen molar-refractivity contribution in [1.29, 1.82) is 0 Å². The topological polar surface area (TPSA) is 107 Å². The highest BCUT2D eigenvalue weighted by atomic mass is 32.2. The van der Waals surface area contributed by atoms with Gasteiger partial charge in [0.15, 0.2) is 0 Å². The standard InChI is InChI=1S/C24H23N5O3S/c1-32-22-11-10-19(16-27-22)24(20-8-3-9-21(28-20)29-33(2,30)31)23(17-6-4-12-25-14-17)18-7-5-13-26-15-18/h3-16,23-24H,1-2H3,(H,28,29). The molecule has 0 aliphatic heterocycles. The number of aromatic nitrogens is 4. The summed E-state index contributed by atoms with van der Waals surface area (Å²) in [6.45, 7) is 0. The van der Waals surface area contributed by atoms with Crippen LogP contribution < -0.4 is 9.46 Å². The lowest BCUT2D eigenvalue weighted by Crippen LogP contribution is -2.18. The molecule has 168 valence electrons. The second-order valence-corrected chi connectivity index (χ2v) is 9.23. The summed E-state index contributed by atoms with van der Waals surface area (Å²) in [5.74, 6) is 0.233. The van der Waals surface area contributed by atoms with Crippen LogP contribution >= 0.6 is 0 Å². The van der Waals surface area contributed by atoms with Crippen molar-refractivity contribution in [3.63, 3.8) is 0 Å². The molecule has 0 radical (unpaired) electrons. The van der Waals surface area contributed by atoms with Gasteiger partial charge in [0, 0.05) is 48.9 Å². The Morgan fingerprint density at radius 3 is 2.00 bits per heavy atom. The van der Waals surface area contributed by atoms with E-state index in [4.69, 9.17) is 4.74 Å². The summed E-state index contributed by atoms with van der Waals surface area (Å²) in [4.78, 5) is 17.7. The van der Waals surface area contributed by atoms with Gasteiger partial charge in [-0.25, -0.2) is 18.4 Å². The summed E-state index contributed by atoms with van der Waals surface area (Å²) >= 11 is 0. The summed E-state index contributed by atoms with van der Waals surface area (Å²) in [5.41, 5.74) is 3.50. The molecular formula is C24H23N5O3S. The summed E-state index contributed by atoms with van der Waals surface area (Å²) in [6, 6.07) is 16.8. The van der Waals surface area contributed by atoms with Crippen LogP contribution in [-0.2, 0) is 10.0 Å². The largest absolute Gasteiger partial charge is 0.481 e. The number of hydrogen-bond donors (Lipinski definition) is 1. The molecule has 0 aromatic carbocycles. The third-order valence-corrected chi connectivity index (χ3v) is 5.71. The second-order valence-electron chi connectivity index (χ2n) is 7.48. The molecule has 4 heterocycles. The Bertz CT molecular complexity index is 1260. The fourth-order valence-electron chi connectivity index (χ4n) is 3.80. The normalized spacial score (nSPS) is 12.3. The van der Waals surface area contributed by atoms with E-state index in [-0.39, 0.29) is 17.7 Å². The van der Waals surface area contributed by atoms with Crippen LogP contribution in [0, 0.1) is 0 Å². The number of hydrogen-bond acceptors (Lipinski definition) is 7. The predicted molar refractivity (Wildman–Crippen MR) is 126 cm³/mol. The Kier molecular flexibility index (Phi) is 6.60. The van der Waals surface area contributed by atoms with E-state index in [9.17, 15) is 8.42 Å². The van der Waals surface area contributed by atoms with E-state index in [0.29, 0.717) is 11.6 Å². The van der Waals surface area contributed by atoms with E-state index in [0.717, 1.165) is 22.9 Å². The van der Waals surface area contributed by atoms with Gasteiger partial charge in [0.2, 0.25) is 15.9 Å². The molecule has 0 bridgehead atoms. The zero-order valence-electron chi connectivity index (χ0n) is 18.2. The first-order valence-corrected chi connectivity index (χ1v) is 12.1. The molecule has 33 heavy (non-hydrogen) atoms. The van der Waals surface area contributed by atoms with Crippen LogP contribution in [0.3, 0.4) is 0 Å². The van der Waals surface area contributed by atoms with Crippen molar-refractivity contribution >= 4 is 15.8 Å². The first-order chi connectivity index (χ1) is 15.9. The number of rotatable bonds is 8. The van der Waals surface area contributed by atoms with E-state index in [2.05, 4.69) is 24.7 Å². The van der Waals surface area contributed by atoms with Gasteiger partial charge >= 0.3 is 0 Å². The molecule has 4 aromatic heterocycles. The SMILES string of the molecule is COc1ccc(C(c2cccc(NS(C)(=O)=O)n2)C(c2cccnc2)c2cccnc2)cn1. The average Bonchev–Trinajstić information content (AvgIpc) is 2.83. The molecule has 8 nitrogen and oxygen atoms in total. The lowest BCUT2D eigenvalue weighted by molar-refractivity contribution is 0.397. The number of ether oxygens (including phenoxy) is 1. The number of pyridine rings is 4. The number of anilines is 1. The van der Waals surface area contributed by atoms with Crippen molar-refractivity contribution in [1.82, 2.24) is 19.9 Å². The van der Waals surface area contributed by atoms with Crippen LogP contribution in [-0.4, -0.2) is 41.7 Å². The Hall–Kier alpha value is -3.85. The molecule has 4 aromatic rings. The lowest BCUT2D eigenvalue weighted by Gasteiger charge is -2.28. The molecule has 4 rings (SSSR count). The van der Waals surface area contributed by atoms with Gasteiger partial charge < -0.3 is 4.74 Å². The van der Waals surface area contributed by atoms with Gasteiger partial charge in [0.25, 0.3) is 0 Å². The predicted octanol–water partition coefficient (Wildman–Crippen LogP) is 3.61. The first-order valence-electron chi connectivity index (χ1n) is 10.2. The number of nitrogens with zero attached hydrogens (tertiary/aromatic N) is 4. The molecule has 1 unspecified atom stereocenters. The van der Waals surface area contributed by atoms with Crippen LogP contribution in [0.5, 0.6) is 5.88 Å². The maximum absolute atomic E-state index is 11.8. The fraction of sp³-hybridized carbons (Fsp3) is 0.167. The third-order valence-electron chi connectivity index (χ3n) is 5.13. The number of nitrogens with one attached hydrogen (secondary N) is 1.